The summed E-state index contributed by atoms with van der Waals surface area (Å²) < 4.78 is 5.05. The number of carbonyl (C=O) groups excluding carboxylic acids is 1. The maximum atomic E-state index is 11.5. The summed E-state index contributed by atoms with van der Waals surface area (Å²) in [4.78, 5) is 11.5. The number of ether oxygens (including phenoxy) is 1. The predicted molar refractivity (Wildman–Crippen MR) is 56.5 cm³/mol. The molecule has 1 aromatic rings. The summed E-state index contributed by atoms with van der Waals surface area (Å²) >= 11 is 0. The number of hydrogen-bond donors (Lipinski definition) is 0. The van der Waals surface area contributed by atoms with Gasteiger partial charge in [0.05, 0.1) is 6.26 Å². The molecular weight excluding hydrogens is 176 g/mol. The lowest BCUT2D eigenvalue weighted by atomic mass is 10.1. The number of hydrogen-bond acceptors (Lipinski definition) is 2. The van der Waals surface area contributed by atoms with Gasteiger partial charge in [-0.25, -0.2) is 0 Å². The van der Waals surface area contributed by atoms with Crippen molar-refractivity contribution in [1.29, 1.82) is 0 Å². The minimum absolute atomic E-state index is 0.178. The van der Waals surface area contributed by atoms with Gasteiger partial charge >= 0.3 is 0 Å². The summed E-state index contributed by atoms with van der Waals surface area (Å²) in [5.41, 5.74) is 0.739. The highest BCUT2D eigenvalue weighted by molar-refractivity contribution is 5.96. The highest BCUT2D eigenvalue weighted by atomic mass is 16.5. The van der Waals surface area contributed by atoms with Crippen molar-refractivity contribution in [2.24, 2.45) is 0 Å². The van der Waals surface area contributed by atoms with Gasteiger partial charge in [0.25, 0.3) is 0 Å². The number of carbonyl (C=O) groups is 1. The van der Waals surface area contributed by atoms with Crippen molar-refractivity contribution in [3.8, 4) is 5.75 Å². The Labute approximate surface area is 84.2 Å². The maximum Gasteiger partial charge on any atom is 0.162 e. The third-order valence-electron chi connectivity index (χ3n) is 1.87. The fourth-order valence-corrected chi connectivity index (χ4v) is 1.19. The minimum atomic E-state index is 0.178. The van der Waals surface area contributed by atoms with E-state index in [9.17, 15) is 4.79 Å². The van der Waals surface area contributed by atoms with Crippen molar-refractivity contribution in [2.75, 3.05) is 0 Å². The fraction of sp³-hybridized carbons (Fsp3) is 0.250. The van der Waals surface area contributed by atoms with Crippen LogP contribution in [0.15, 0.2) is 37.1 Å². The molecule has 0 amide bonds. The van der Waals surface area contributed by atoms with Crippen LogP contribution in [-0.4, -0.2) is 5.78 Å². The second-order valence-corrected chi connectivity index (χ2v) is 2.98. The van der Waals surface area contributed by atoms with E-state index in [4.69, 9.17) is 4.74 Å². The van der Waals surface area contributed by atoms with E-state index in [1.165, 1.54) is 6.26 Å². The second kappa shape index (κ2) is 5.22. The summed E-state index contributed by atoms with van der Waals surface area (Å²) in [5.74, 6) is 0.880. The molecule has 0 unspecified atom stereocenters. The molecule has 0 bridgehead atoms. The maximum absolute atomic E-state index is 11.5. The van der Waals surface area contributed by atoms with Gasteiger partial charge in [-0.3, -0.25) is 4.79 Å². The van der Waals surface area contributed by atoms with Crippen LogP contribution in [0.25, 0.3) is 0 Å². The topological polar surface area (TPSA) is 26.3 Å². The molecule has 74 valence electrons. The van der Waals surface area contributed by atoms with Gasteiger partial charge in [-0.05, 0) is 30.7 Å². The first-order valence-corrected chi connectivity index (χ1v) is 4.68. The van der Waals surface area contributed by atoms with Crippen LogP contribution in [0.4, 0.5) is 0 Å². The lowest BCUT2D eigenvalue weighted by Crippen LogP contribution is -1.97. The van der Waals surface area contributed by atoms with E-state index < -0.39 is 0 Å². The molecule has 1 rings (SSSR count). The zero-order valence-corrected chi connectivity index (χ0v) is 8.32. The summed E-state index contributed by atoms with van der Waals surface area (Å²) in [6.45, 7) is 5.45. The summed E-state index contributed by atoms with van der Waals surface area (Å²) in [5, 5.41) is 0. The smallest absolute Gasteiger partial charge is 0.162 e. The van der Waals surface area contributed by atoms with E-state index in [0.717, 1.165) is 12.0 Å². The van der Waals surface area contributed by atoms with E-state index >= 15 is 0 Å². The largest absolute Gasteiger partial charge is 0.466 e. The third kappa shape index (κ3) is 2.73. The number of Topliss-reactive ketones (excluding diaryl/α,β-unsaturated/α-hetero) is 1. The van der Waals surface area contributed by atoms with Gasteiger partial charge in [0, 0.05) is 12.0 Å². The standard InChI is InChI=1S/C12H14O2/c1-3-5-12(13)10-6-8-11(9-7-10)14-4-2/h4,6-9H,2-3,5H2,1H3. The molecule has 0 aliphatic rings. The lowest BCUT2D eigenvalue weighted by Gasteiger charge is -2.01. The number of rotatable bonds is 5. The van der Waals surface area contributed by atoms with Crippen molar-refractivity contribution in [3.63, 3.8) is 0 Å². The first-order valence-electron chi connectivity index (χ1n) is 4.68. The zero-order chi connectivity index (χ0) is 10.4. The van der Waals surface area contributed by atoms with Gasteiger partial charge in [0.15, 0.2) is 5.78 Å². The van der Waals surface area contributed by atoms with Gasteiger partial charge < -0.3 is 4.74 Å². The van der Waals surface area contributed by atoms with Crippen LogP contribution in [0, 0.1) is 0 Å². The molecule has 1 aromatic carbocycles. The van der Waals surface area contributed by atoms with Crippen molar-refractivity contribution in [3.05, 3.63) is 42.7 Å². The van der Waals surface area contributed by atoms with Crippen molar-refractivity contribution in [1.82, 2.24) is 0 Å². The molecule has 0 aromatic heterocycles. The Kier molecular flexibility index (Phi) is 3.92. The fourth-order valence-electron chi connectivity index (χ4n) is 1.19. The zero-order valence-electron chi connectivity index (χ0n) is 8.32. The normalized spacial score (nSPS) is 9.50. The first kappa shape index (κ1) is 10.5. The Balaban J connectivity index is 2.72. The van der Waals surface area contributed by atoms with Gasteiger partial charge in [-0.15, -0.1) is 0 Å². The Morgan fingerprint density at radius 3 is 2.57 bits per heavy atom. The molecule has 0 fully saturated rings. The van der Waals surface area contributed by atoms with Crippen molar-refractivity contribution < 1.29 is 9.53 Å². The molecule has 0 radical (unpaired) electrons. The molecule has 0 saturated heterocycles. The van der Waals surface area contributed by atoms with Crippen LogP contribution in [0.3, 0.4) is 0 Å². The summed E-state index contributed by atoms with van der Waals surface area (Å²) in [6.07, 6.45) is 2.84. The van der Waals surface area contributed by atoms with Crippen LogP contribution in [0.5, 0.6) is 5.75 Å². The molecule has 0 aliphatic heterocycles. The lowest BCUT2D eigenvalue weighted by molar-refractivity contribution is 0.0982. The average molecular weight is 190 g/mol. The molecule has 0 spiro atoms. The van der Waals surface area contributed by atoms with Crippen LogP contribution in [-0.2, 0) is 0 Å². The highest BCUT2D eigenvalue weighted by Crippen LogP contribution is 2.13. The summed E-state index contributed by atoms with van der Waals surface area (Å²) in [7, 11) is 0. The summed E-state index contributed by atoms with van der Waals surface area (Å²) in [6, 6.07) is 7.09. The van der Waals surface area contributed by atoms with Gasteiger partial charge in [-0.1, -0.05) is 13.5 Å². The van der Waals surface area contributed by atoms with Crippen LogP contribution in [0.1, 0.15) is 30.1 Å². The van der Waals surface area contributed by atoms with E-state index in [1.807, 2.05) is 6.92 Å². The molecular formula is C12H14O2. The Morgan fingerprint density at radius 2 is 2.07 bits per heavy atom. The van der Waals surface area contributed by atoms with Crippen LogP contribution >= 0.6 is 0 Å². The van der Waals surface area contributed by atoms with Crippen molar-refractivity contribution in [2.45, 2.75) is 19.8 Å². The minimum Gasteiger partial charge on any atom is -0.466 e. The third-order valence-corrected chi connectivity index (χ3v) is 1.87. The molecule has 2 nitrogen and oxygen atoms in total. The van der Waals surface area contributed by atoms with E-state index in [2.05, 4.69) is 6.58 Å². The Bertz CT molecular complexity index is 312. The molecule has 0 aliphatic carbocycles. The number of benzene rings is 1. The molecule has 2 heteroatoms. The quantitative estimate of drug-likeness (QED) is 0.526. The first-order chi connectivity index (χ1) is 6.77. The van der Waals surface area contributed by atoms with E-state index in [-0.39, 0.29) is 5.78 Å². The van der Waals surface area contributed by atoms with Gasteiger partial charge in [0.2, 0.25) is 0 Å². The number of ketones is 1. The van der Waals surface area contributed by atoms with Crippen molar-refractivity contribution >= 4 is 5.78 Å². The van der Waals surface area contributed by atoms with E-state index in [1.54, 1.807) is 24.3 Å². The SMILES string of the molecule is C=COc1ccc(C(=O)CCC)cc1. The molecule has 14 heavy (non-hydrogen) atoms. The molecule has 0 heterocycles. The molecule has 0 atom stereocenters. The molecule has 0 saturated carbocycles. The van der Waals surface area contributed by atoms with Gasteiger partial charge in [-0.2, -0.15) is 0 Å². The molecule has 0 N–H and O–H groups in total. The predicted octanol–water partition coefficient (Wildman–Crippen LogP) is 3.19. The van der Waals surface area contributed by atoms with E-state index in [0.29, 0.717) is 12.2 Å². The highest BCUT2D eigenvalue weighted by Gasteiger charge is 2.03. The monoisotopic (exact) mass is 190 g/mol. The second-order valence-electron chi connectivity index (χ2n) is 2.98. The average Bonchev–Trinajstić information content (AvgIpc) is 2.20. The Morgan fingerprint density at radius 1 is 1.43 bits per heavy atom. The van der Waals surface area contributed by atoms with Crippen LogP contribution in [0.2, 0.25) is 0 Å². The van der Waals surface area contributed by atoms with Gasteiger partial charge in [0.1, 0.15) is 5.75 Å². The Hall–Kier alpha value is -1.57. The van der Waals surface area contributed by atoms with Crippen LogP contribution < -0.4 is 4.74 Å².